The fraction of sp³-hybridized carbons (Fsp3) is 0.929. The summed E-state index contributed by atoms with van der Waals surface area (Å²) >= 11 is 0. The number of hydrogen-bond donors (Lipinski definition) is 0. The lowest BCUT2D eigenvalue weighted by Gasteiger charge is -2.36. The van der Waals surface area contributed by atoms with Gasteiger partial charge in [-0.2, -0.15) is 0 Å². The van der Waals surface area contributed by atoms with E-state index in [1.807, 2.05) is 6.92 Å². The maximum Gasteiger partial charge on any atom is 0.310 e. The molecule has 0 N–H and O–H groups in total. The molecule has 2 aliphatic rings. The lowest BCUT2D eigenvalue weighted by molar-refractivity contribution is -0.152. The van der Waals surface area contributed by atoms with Gasteiger partial charge in [0.2, 0.25) is 0 Å². The first-order chi connectivity index (χ1) is 8.33. The molecule has 1 saturated carbocycles. The number of likely N-dealkylation sites (tertiary alicyclic amines) is 1. The van der Waals surface area contributed by atoms with E-state index >= 15 is 0 Å². The van der Waals surface area contributed by atoms with Gasteiger partial charge in [0.05, 0.1) is 12.5 Å². The summed E-state index contributed by atoms with van der Waals surface area (Å²) in [6, 6.07) is 0.468. The monoisotopic (exact) mass is 239 g/mol. The minimum absolute atomic E-state index is 0.0588. The van der Waals surface area contributed by atoms with Crippen molar-refractivity contribution in [1.29, 1.82) is 0 Å². The Balaban J connectivity index is 1.93. The van der Waals surface area contributed by atoms with Crippen LogP contribution in [0.25, 0.3) is 0 Å². The van der Waals surface area contributed by atoms with E-state index in [1.54, 1.807) is 0 Å². The summed E-state index contributed by atoms with van der Waals surface area (Å²) in [5.41, 5.74) is 0. The number of rotatable bonds is 4. The predicted molar refractivity (Wildman–Crippen MR) is 67.8 cm³/mol. The van der Waals surface area contributed by atoms with E-state index in [9.17, 15) is 4.79 Å². The Bertz CT molecular complexity index is 249. The summed E-state index contributed by atoms with van der Waals surface area (Å²) in [5, 5.41) is 0. The molecule has 1 heterocycles. The van der Waals surface area contributed by atoms with Crippen molar-refractivity contribution >= 4 is 5.97 Å². The minimum Gasteiger partial charge on any atom is -0.465 e. The Kier molecular flexibility index (Phi) is 4.84. The molecular weight excluding hydrogens is 214 g/mol. The molecule has 3 nitrogen and oxygen atoms in total. The van der Waals surface area contributed by atoms with E-state index < -0.39 is 0 Å². The first-order valence-electron chi connectivity index (χ1n) is 7.23. The average Bonchev–Trinajstić information content (AvgIpc) is 2.89. The second kappa shape index (κ2) is 6.39. The molecule has 1 aliphatic carbocycles. The molecule has 3 heteroatoms. The SMILES string of the molecule is CCCOC(=O)[C@@H]1CCCC[C@@H]1N1CCCC1. The van der Waals surface area contributed by atoms with Crippen molar-refractivity contribution in [1.82, 2.24) is 4.90 Å². The van der Waals surface area contributed by atoms with E-state index in [-0.39, 0.29) is 11.9 Å². The van der Waals surface area contributed by atoms with Gasteiger partial charge in [0.15, 0.2) is 0 Å². The van der Waals surface area contributed by atoms with Gasteiger partial charge in [0.1, 0.15) is 0 Å². The average molecular weight is 239 g/mol. The summed E-state index contributed by atoms with van der Waals surface area (Å²) < 4.78 is 5.35. The van der Waals surface area contributed by atoms with Crippen LogP contribution in [-0.2, 0) is 9.53 Å². The van der Waals surface area contributed by atoms with Crippen LogP contribution in [0.3, 0.4) is 0 Å². The molecule has 2 rings (SSSR count). The fourth-order valence-corrected chi connectivity index (χ4v) is 3.21. The van der Waals surface area contributed by atoms with Crippen LogP contribution in [0.4, 0.5) is 0 Å². The Morgan fingerprint density at radius 3 is 2.59 bits per heavy atom. The Hall–Kier alpha value is -0.570. The summed E-state index contributed by atoms with van der Waals surface area (Å²) in [6.45, 7) is 5.00. The lowest BCUT2D eigenvalue weighted by atomic mass is 9.83. The van der Waals surface area contributed by atoms with Gasteiger partial charge in [-0.1, -0.05) is 19.8 Å². The van der Waals surface area contributed by atoms with Crippen molar-refractivity contribution in [3.8, 4) is 0 Å². The molecule has 1 aliphatic heterocycles. The second-order valence-electron chi connectivity index (χ2n) is 5.37. The zero-order chi connectivity index (χ0) is 12.1. The zero-order valence-corrected chi connectivity index (χ0v) is 11.0. The van der Waals surface area contributed by atoms with E-state index in [0.717, 1.165) is 12.8 Å². The highest BCUT2D eigenvalue weighted by atomic mass is 16.5. The predicted octanol–water partition coefficient (Wildman–Crippen LogP) is 2.59. The first kappa shape index (κ1) is 12.9. The van der Waals surface area contributed by atoms with Crippen LogP contribution in [-0.4, -0.2) is 36.6 Å². The Morgan fingerprint density at radius 2 is 1.88 bits per heavy atom. The quantitative estimate of drug-likeness (QED) is 0.706. The molecule has 0 bridgehead atoms. The molecule has 1 saturated heterocycles. The molecule has 0 radical (unpaired) electrons. The molecule has 0 aromatic carbocycles. The number of ether oxygens (including phenoxy) is 1. The number of carbonyl (C=O) groups is 1. The molecule has 98 valence electrons. The maximum atomic E-state index is 12.1. The normalized spacial score (nSPS) is 30.4. The summed E-state index contributed by atoms with van der Waals surface area (Å²) in [5.74, 6) is 0.205. The standard InChI is InChI=1S/C14H25NO2/c1-2-11-17-14(16)12-7-3-4-8-13(12)15-9-5-6-10-15/h12-13H,2-11H2,1H3/t12-,13+/m1/s1. The first-order valence-corrected chi connectivity index (χ1v) is 7.23. The van der Waals surface area contributed by atoms with Crippen molar-refractivity contribution in [2.45, 2.75) is 57.9 Å². The van der Waals surface area contributed by atoms with E-state index in [2.05, 4.69) is 4.90 Å². The molecule has 0 amide bonds. The summed E-state index contributed by atoms with van der Waals surface area (Å²) in [6.07, 6.45) is 8.21. The van der Waals surface area contributed by atoms with Crippen LogP contribution < -0.4 is 0 Å². The minimum atomic E-state index is 0.0588. The van der Waals surface area contributed by atoms with E-state index in [1.165, 1.54) is 45.2 Å². The van der Waals surface area contributed by atoms with Gasteiger partial charge in [0, 0.05) is 6.04 Å². The third kappa shape index (κ3) is 3.21. The van der Waals surface area contributed by atoms with Crippen LogP contribution in [0.1, 0.15) is 51.9 Å². The zero-order valence-electron chi connectivity index (χ0n) is 11.0. The third-order valence-corrected chi connectivity index (χ3v) is 4.09. The van der Waals surface area contributed by atoms with Gasteiger partial charge in [-0.25, -0.2) is 0 Å². The Morgan fingerprint density at radius 1 is 1.18 bits per heavy atom. The fourth-order valence-electron chi connectivity index (χ4n) is 3.21. The third-order valence-electron chi connectivity index (χ3n) is 4.09. The molecule has 0 aromatic heterocycles. The van der Waals surface area contributed by atoms with Crippen LogP contribution in [0.5, 0.6) is 0 Å². The maximum absolute atomic E-state index is 12.1. The van der Waals surface area contributed by atoms with E-state index in [4.69, 9.17) is 4.74 Å². The molecule has 0 spiro atoms. The largest absolute Gasteiger partial charge is 0.465 e. The number of carbonyl (C=O) groups excluding carboxylic acids is 1. The second-order valence-corrected chi connectivity index (χ2v) is 5.37. The number of esters is 1. The molecule has 2 atom stereocenters. The molecule has 0 aromatic rings. The van der Waals surface area contributed by atoms with Gasteiger partial charge in [0.25, 0.3) is 0 Å². The summed E-state index contributed by atoms with van der Waals surface area (Å²) in [7, 11) is 0. The van der Waals surface area contributed by atoms with Crippen molar-refractivity contribution in [2.75, 3.05) is 19.7 Å². The smallest absolute Gasteiger partial charge is 0.310 e. The number of hydrogen-bond acceptors (Lipinski definition) is 3. The summed E-state index contributed by atoms with van der Waals surface area (Å²) in [4.78, 5) is 14.6. The van der Waals surface area contributed by atoms with E-state index in [0.29, 0.717) is 12.6 Å². The van der Waals surface area contributed by atoms with Gasteiger partial charge in [-0.15, -0.1) is 0 Å². The van der Waals surface area contributed by atoms with Crippen molar-refractivity contribution in [2.24, 2.45) is 5.92 Å². The van der Waals surface area contributed by atoms with Crippen molar-refractivity contribution in [3.05, 3.63) is 0 Å². The molecular formula is C14H25NO2. The van der Waals surface area contributed by atoms with Crippen LogP contribution in [0.15, 0.2) is 0 Å². The Labute approximate surface area is 105 Å². The van der Waals surface area contributed by atoms with Crippen LogP contribution >= 0.6 is 0 Å². The van der Waals surface area contributed by atoms with Crippen molar-refractivity contribution in [3.63, 3.8) is 0 Å². The highest BCUT2D eigenvalue weighted by Crippen LogP contribution is 2.31. The van der Waals surface area contributed by atoms with Crippen LogP contribution in [0, 0.1) is 5.92 Å². The number of nitrogens with zero attached hydrogens (tertiary/aromatic N) is 1. The highest BCUT2D eigenvalue weighted by Gasteiger charge is 2.36. The topological polar surface area (TPSA) is 29.5 Å². The molecule has 2 fully saturated rings. The highest BCUT2D eigenvalue weighted by molar-refractivity contribution is 5.73. The molecule has 0 unspecified atom stereocenters. The lowest BCUT2D eigenvalue weighted by Crippen LogP contribution is -2.44. The van der Waals surface area contributed by atoms with Gasteiger partial charge < -0.3 is 4.74 Å². The van der Waals surface area contributed by atoms with Gasteiger partial charge >= 0.3 is 5.97 Å². The van der Waals surface area contributed by atoms with Gasteiger partial charge in [-0.3, -0.25) is 9.69 Å². The van der Waals surface area contributed by atoms with Crippen molar-refractivity contribution < 1.29 is 9.53 Å². The van der Waals surface area contributed by atoms with Gasteiger partial charge in [-0.05, 0) is 45.2 Å². The van der Waals surface area contributed by atoms with Crippen LogP contribution in [0.2, 0.25) is 0 Å². The molecule has 17 heavy (non-hydrogen) atoms.